The van der Waals surface area contributed by atoms with E-state index >= 15 is 0 Å². The molecule has 0 aromatic rings. The molecule has 1 aliphatic carbocycles. The molecule has 0 aromatic heterocycles. The summed E-state index contributed by atoms with van der Waals surface area (Å²) in [5, 5.41) is 8.89. The highest BCUT2D eigenvalue weighted by molar-refractivity contribution is 5.06. The van der Waals surface area contributed by atoms with E-state index in [9.17, 15) is 0 Å². The summed E-state index contributed by atoms with van der Waals surface area (Å²) < 4.78 is 11.9. The van der Waals surface area contributed by atoms with E-state index in [-0.39, 0.29) is 5.41 Å². The average Bonchev–Trinajstić information content (AvgIpc) is 2.95. The Morgan fingerprint density at radius 1 is 1.39 bits per heavy atom. The fraction of sp³-hybridized carbons (Fsp3) is 0.800. The maximum atomic E-state index is 8.89. The van der Waals surface area contributed by atoms with Crippen LogP contribution in [0.2, 0.25) is 0 Å². The van der Waals surface area contributed by atoms with Crippen molar-refractivity contribution >= 4 is 0 Å². The SMILES string of the molecule is C/C=C\C[C@H]1CCC2(OCCO2)[C@]1(C)CCC#N. The predicted molar refractivity (Wildman–Crippen MR) is 69.7 cm³/mol. The number of ether oxygens (including phenoxy) is 2. The second kappa shape index (κ2) is 5.42. The van der Waals surface area contributed by atoms with E-state index in [1.165, 1.54) is 0 Å². The zero-order chi connectivity index (χ0) is 13.1. The van der Waals surface area contributed by atoms with Gasteiger partial charge in [0.2, 0.25) is 0 Å². The summed E-state index contributed by atoms with van der Waals surface area (Å²) in [6.07, 6.45) is 8.94. The standard InChI is InChI=1S/C15H23NO2/c1-3-4-6-13-7-9-15(17-11-12-18-15)14(13,2)8-5-10-16/h3-4,13H,5-9,11-12H2,1-2H3/b4-3-/t13-,14+/m0/s1. The van der Waals surface area contributed by atoms with Gasteiger partial charge in [-0.25, -0.2) is 0 Å². The van der Waals surface area contributed by atoms with Gasteiger partial charge in [-0.2, -0.15) is 5.26 Å². The molecule has 3 heteroatoms. The molecule has 2 fully saturated rings. The Bertz CT molecular complexity index is 352. The first-order chi connectivity index (χ1) is 8.68. The number of rotatable bonds is 4. The van der Waals surface area contributed by atoms with Gasteiger partial charge in [-0.15, -0.1) is 0 Å². The Balaban J connectivity index is 2.20. The second-order valence-electron chi connectivity index (χ2n) is 5.57. The van der Waals surface area contributed by atoms with Crippen LogP contribution >= 0.6 is 0 Å². The number of nitriles is 1. The maximum Gasteiger partial charge on any atom is 0.174 e. The van der Waals surface area contributed by atoms with Gasteiger partial charge in [0, 0.05) is 18.3 Å². The van der Waals surface area contributed by atoms with Crippen molar-refractivity contribution in [3.8, 4) is 6.07 Å². The van der Waals surface area contributed by atoms with Gasteiger partial charge >= 0.3 is 0 Å². The fourth-order valence-corrected chi connectivity index (χ4v) is 3.60. The molecule has 100 valence electrons. The van der Waals surface area contributed by atoms with Crippen molar-refractivity contribution in [2.24, 2.45) is 11.3 Å². The van der Waals surface area contributed by atoms with Crippen LogP contribution in [0.15, 0.2) is 12.2 Å². The van der Waals surface area contributed by atoms with Crippen molar-refractivity contribution in [3.05, 3.63) is 12.2 Å². The molecule has 1 spiro atoms. The van der Waals surface area contributed by atoms with E-state index in [1.54, 1.807) is 0 Å². The molecule has 0 amide bonds. The zero-order valence-corrected chi connectivity index (χ0v) is 11.4. The van der Waals surface area contributed by atoms with Crippen LogP contribution in [0.4, 0.5) is 0 Å². The Labute approximate surface area is 110 Å². The number of hydrogen-bond acceptors (Lipinski definition) is 3. The molecule has 1 saturated carbocycles. The van der Waals surface area contributed by atoms with E-state index in [0.717, 1.165) is 25.7 Å². The third kappa shape index (κ3) is 2.08. The van der Waals surface area contributed by atoms with Gasteiger partial charge in [-0.05, 0) is 32.1 Å². The molecule has 0 unspecified atom stereocenters. The third-order valence-corrected chi connectivity index (χ3v) is 4.76. The van der Waals surface area contributed by atoms with E-state index in [0.29, 0.717) is 25.6 Å². The molecule has 0 aromatic carbocycles. The molecular formula is C15H23NO2. The Kier molecular flexibility index (Phi) is 4.09. The lowest BCUT2D eigenvalue weighted by Crippen LogP contribution is -2.46. The van der Waals surface area contributed by atoms with Crippen molar-refractivity contribution in [2.45, 2.75) is 51.7 Å². The lowest BCUT2D eigenvalue weighted by atomic mass is 9.71. The van der Waals surface area contributed by atoms with Crippen LogP contribution in [0.1, 0.15) is 46.0 Å². The van der Waals surface area contributed by atoms with Crippen molar-refractivity contribution in [2.75, 3.05) is 13.2 Å². The normalized spacial score (nSPS) is 34.4. The maximum absolute atomic E-state index is 8.89. The average molecular weight is 249 g/mol. The molecule has 0 N–H and O–H groups in total. The molecule has 18 heavy (non-hydrogen) atoms. The van der Waals surface area contributed by atoms with Gasteiger partial charge in [-0.1, -0.05) is 19.1 Å². The molecule has 2 aliphatic rings. The summed E-state index contributed by atoms with van der Waals surface area (Å²) in [4.78, 5) is 0. The highest BCUT2D eigenvalue weighted by Gasteiger charge is 2.60. The molecule has 3 nitrogen and oxygen atoms in total. The van der Waals surface area contributed by atoms with Crippen LogP contribution in [-0.2, 0) is 9.47 Å². The minimum Gasteiger partial charge on any atom is -0.347 e. The topological polar surface area (TPSA) is 42.2 Å². The monoisotopic (exact) mass is 249 g/mol. The zero-order valence-electron chi connectivity index (χ0n) is 11.4. The minimum atomic E-state index is -0.421. The molecule has 1 heterocycles. The van der Waals surface area contributed by atoms with Gasteiger partial charge in [0.15, 0.2) is 5.79 Å². The number of hydrogen-bond donors (Lipinski definition) is 0. The summed E-state index contributed by atoms with van der Waals surface area (Å²) in [6, 6.07) is 2.27. The largest absolute Gasteiger partial charge is 0.347 e. The highest BCUT2D eigenvalue weighted by atomic mass is 16.7. The number of allylic oxidation sites excluding steroid dienone is 2. The first kappa shape index (κ1) is 13.6. The van der Waals surface area contributed by atoms with Crippen molar-refractivity contribution < 1.29 is 9.47 Å². The lowest BCUT2D eigenvalue weighted by molar-refractivity contribution is -0.226. The minimum absolute atomic E-state index is 0.0290. The molecule has 2 atom stereocenters. The second-order valence-corrected chi connectivity index (χ2v) is 5.57. The quantitative estimate of drug-likeness (QED) is 0.717. The van der Waals surface area contributed by atoms with E-state index in [2.05, 4.69) is 32.1 Å². The van der Waals surface area contributed by atoms with Gasteiger partial charge in [0.05, 0.1) is 19.3 Å². The molecule has 1 aliphatic heterocycles. The van der Waals surface area contributed by atoms with Crippen molar-refractivity contribution in [1.82, 2.24) is 0 Å². The van der Waals surface area contributed by atoms with Crippen LogP contribution in [0.5, 0.6) is 0 Å². The molecule has 1 saturated heterocycles. The molecule has 2 rings (SSSR count). The van der Waals surface area contributed by atoms with E-state index in [4.69, 9.17) is 14.7 Å². The van der Waals surface area contributed by atoms with Crippen molar-refractivity contribution in [3.63, 3.8) is 0 Å². The highest BCUT2D eigenvalue weighted by Crippen LogP contribution is 2.58. The smallest absolute Gasteiger partial charge is 0.174 e. The number of nitrogens with zero attached hydrogens (tertiary/aromatic N) is 1. The van der Waals surface area contributed by atoms with Crippen LogP contribution in [-0.4, -0.2) is 19.0 Å². The van der Waals surface area contributed by atoms with Crippen LogP contribution in [0.25, 0.3) is 0 Å². The van der Waals surface area contributed by atoms with E-state index in [1.807, 2.05) is 0 Å². The third-order valence-electron chi connectivity index (χ3n) is 4.76. The lowest BCUT2D eigenvalue weighted by Gasteiger charge is -2.42. The van der Waals surface area contributed by atoms with Crippen LogP contribution in [0, 0.1) is 22.7 Å². The predicted octanol–water partition coefficient (Wildman–Crippen LogP) is 3.42. The Hall–Kier alpha value is -0.850. The molecule has 0 bridgehead atoms. The molecular weight excluding hydrogens is 226 g/mol. The van der Waals surface area contributed by atoms with Crippen LogP contribution < -0.4 is 0 Å². The first-order valence-electron chi connectivity index (χ1n) is 6.94. The summed E-state index contributed by atoms with van der Waals surface area (Å²) >= 11 is 0. The summed E-state index contributed by atoms with van der Waals surface area (Å²) in [5.41, 5.74) is -0.0290. The summed E-state index contributed by atoms with van der Waals surface area (Å²) in [5.74, 6) is 0.135. The van der Waals surface area contributed by atoms with Crippen molar-refractivity contribution in [1.29, 1.82) is 5.26 Å². The van der Waals surface area contributed by atoms with Gasteiger partial charge < -0.3 is 9.47 Å². The Morgan fingerprint density at radius 2 is 2.11 bits per heavy atom. The van der Waals surface area contributed by atoms with Gasteiger partial charge in [-0.3, -0.25) is 0 Å². The fourth-order valence-electron chi connectivity index (χ4n) is 3.60. The first-order valence-corrected chi connectivity index (χ1v) is 6.94. The summed E-state index contributed by atoms with van der Waals surface area (Å²) in [7, 11) is 0. The van der Waals surface area contributed by atoms with Gasteiger partial charge in [0.1, 0.15) is 0 Å². The van der Waals surface area contributed by atoms with Crippen LogP contribution in [0.3, 0.4) is 0 Å². The summed E-state index contributed by atoms with van der Waals surface area (Å²) in [6.45, 7) is 5.69. The van der Waals surface area contributed by atoms with E-state index < -0.39 is 5.79 Å². The molecule has 0 radical (unpaired) electrons. The van der Waals surface area contributed by atoms with Gasteiger partial charge in [0.25, 0.3) is 0 Å². The Morgan fingerprint density at radius 3 is 2.72 bits per heavy atom.